The fourth-order valence-corrected chi connectivity index (χ4v) is 3.02. The Hall–Kier alpha value is -1.39. The van der Waals surface area contributed by atoms with Gasteiger partial charge in [-0.2, -0.15) is 0 Å². The maximum Gasteiger partial charge on any atom is 0.125 e. The normalized spacial score (nSPS) is 11.3. The van der Waals surface area contributed by atoms with Gasteiger partial charge in [-0.1, -0.05) is 6.07 Å². The van der Waals surface area contributed by atoms with Crippen molar-refractivity contribution in [3.8, 4) is 0 Å². The molecule has 19 heavy (non-hydrogen) atoms. The quantitative estimate of drug-likeness (QED) is 0.685. The smallest absolute Gasteiger partial charge is 0.125 e. The van der Waals surface area contributed by atoms with E-state index in [2.05, 4.69) is 45.0 Å². The van der Waals surface area contributed by atoms with E-state index in [0.29, 0.717) is 5.88 Å². The second-order valence-corrected chi connectivity index (χ2v) is 5.93. The lowest BCUT2D eigenvalue weighted by molar-refractivity contribution is 0.761. The van der Waals surface area contributed by atoms with Gasteiger partial charge in [0.05, 0.1) is 34.2 Å². The largest absolute Gasteiger partial charge is 0.321 e. The Kier molecular flexibility index (Phi) is 3.29. The molecule has 0 amide bonds. The molecule has 5 heteroatoms. The first kappa shape index (κ1) is 12.6. The molecule has 0 N–H and O–H groups in total. The van der Waals surface area contributed by atoms with E-state index in [0.717, 1.165) is 34.1 Å². The molecule has 3 rings (SSSR count). The molecule has 2 heterocycles. The number of nitrogens with zero attached hydrogens (tertiary/aromatic N) is 3. The van der Waals surface area contributed by atoms with Gasteiger partial charge < -0.3 is 4.57 Å². The SMILES string of the molecule is Cc1ccc2c(c1)nc(CCl)n2Cc1csc(C)n1. The van der Waals surface area contributed by atoms with Crippen molar-refractivity contribution in [1.82, 2.24) is 14.5 Å². The van der Waals surface area contributed by atoms with Gasteiger partial charge in [0.25, 0.3) is 0 Å². The zero-order valence-corrected chi connectivity index (χ0v) is 12.4. The van der Waals surface area contributed by atoms with Crippen molar-refractivity contribution in [3.05, 3.63) is 45.7 Å². The van der Waals surface area contributed by atoms with Crippen LogP contribution >= 0.6 is 22.9 Å². The van der Waals surface area contributed by atoms with Gasteiger partial charge in [-0.3, -0.25) is 0 Å². The van der Waals surface area contributed by atoms with Crippen LogP contribution in [0, 0.1) is 13.8 Å². The van der Waals surface area contributed by atoms with Gasteiger partial charge in [-0.05, 0) is 31.5 Å². The van der Waals surface area contributed by atoms with Crippen molar-refractivity contribution in [1.29, 1.82) is 0 Å². The maximum atomic E-state index is 6.01. The molecule has 2 aromatic heterocycles. The molecule has 0 unspecified atom stereocenters. The summed E-state index contributed by atoms with van der Waals surface area (Å²) >= 11 is 7.68. The number of aryl methyl sites for hydroxylation is 2. The van der Waals surface area contributed by atoms with Crippen LogP contribution in [0.2, 0.25) is 0 Å². The Morgan fingerprint density at radius 2 is 2.11 bits per heavy atom. The number of alkyl halides is 1. The first-order valence-corrected chi connectivity index (χ1v) is 7.51. The van der Waals surface area contributed by atoms with Crippen LogP contribution in [0.15, 0.2) is 23.6 Å². The number of aromatic nitrogens is 3. The van der Waals surface area contributed by atoms with Gasteiger partial charge in [0.2, 0.25) is 0 Å². The summed E-state index contributed by atoms with van der Waals surface area (Å²) in [7, 11) is 0. The molecule has 0 bridgehead atoms. The second kappa shape index (κ2) is 4.94. The number of benzene rings is 1. The number of hydrogen-bond donors (Lipinski definition) is 0. The topological polar surface area (TPSA) is 30.7 Å². The molecule has 0 spiro atoms. The van der Waals surface area contributed by atoms with Crippen molar-refractivity contribution in [2.24, 2.45) is 0 Å². The van der Waals surface area contributed by atoms with Crippen LogP contribution in [0.25, 0.3) is 11.0 Å². The standard InChI is InChI=1S/C14H14ClN3S/c1-9-3-4-13-12(5-9)17-14(6-15)18(13)7-11-8-19-10(2)16-11/h3-5,8H,6-7H2,1-2H3. The highest BCUT2D eigenvalue weighted by Crippen LogP contribution is 2.21. The highest BCUT2D eigenvalue weighted by atomic mass is 35.5. The highest BCUT2D eigenvalue weighted by Gasteiger charge is 2.11. The van der Waals surface area contributed by atoms with Crippen LogP contribution in [0.4, 0.5) is 0 Å². The Labute approximate surface area is 120 Å². The number of fused-ring (bicyclic) bond motifs is 1. The number of rotatable bonds is 3. The highest BCUT2D eigenvalue weighted by molar-refractivity contribution is 7.09. The average molecular weight is 292 g/mol. The van der Waals surface area contributed by atoms with Gasteiger partial charge in [-0.15, -0.1) is 22.9 Å². The monoisotopic (exact) mass is 291 g/mol. The summed E-state index contributed by atoms with van der Waals surface area (Å²) < 4.78 is 2.15. The number of hydrogen-bond acceptors (Lipinski definition) is 3. The van der Waals surface area contributed by atoms with Crippen LogP contribution in [0.3, 0.4) is 0 Å². The van der Waals surface area contributed by atoms with E-state index in [4.69, 9.17) is 11.6 Å². The van der Waals surface area contributed by atoms with Crippen molar-refractivity contribution in [2.75, 3.05) is 0 Å². The Morgan fingerprint density at radius 3 is 2.79 bits per heavy atom. The zero-order valence-electron chi connectivity index (χ0n) is 10.9. The number of halogens is 1. The first-order valence-electron chi connectivity index (χ1n) is 6.10. The molecule has 0 radical (unpaired) electrons. The first-order chi connectivity index (χ1) is 9.17. The van der Waals surface area contributed by atoms with Gasteiger partial charge in [0.15, 0.2) is 0 Å². The van der Waals surface area contributed by atoms with E-state index in [1.54, 1.807) is 11.3 Å². The second-order valence-electron chi connectivity index (χ2n) is 4.60. The molecular formula is C14H14ClN3S. The predicted molar refractivity (Wildman–Crippen MR) is 80.0 cm³/mol. The van der Waals surface area contributed by atoms with E-state index in [1.165, 1.54) is 5.56 Å². The predicted octanol–water partition coefficient (Wildman–Crippen LogP) is 3.90. The molecule has 0 atom stereocenters. The van der Waals surface area contributed by atoms with Crippen LogP contribution in [0.1, 0.15) is 22.1 Å². The van der Waals surface area contributed by atoms with Crippen molar-refractivity contribution in [3.63, 3.8) is 0 Å². The third kappa shape index (κ3) is 2.38. The van der Waals surface area contributed by atoms with Crippen LogP contribution in [-0.2, 0) is 12.4 Å². The summed E-state index contributed by atoms with van der Waals surface area (Å²) in [5.41, 5.74) is 4.39. The molecule has 0 saturated heterocycles. The third-order valence-corrected chi connectivity index (χ3v) is 4.15. The Bertz CT molecular complexity index is 729. The number of imidazole rings is 1. The summed E-state index contributed by atoms with van der Waals surface area (Å²) in [6.45, 7) is 4.82. The minimum absolute atomic E-state index is 0.414. The minimum Gasteiger partial charge on any atom is -0.321 e. The molecule has 1 aromatic carbocycles. The van der Waals surface area contributed by atoms with Gasteiger partial charge in [0.1, 0.15) is 5.82 Å². The van der Waals surface area contributed by atoms with E-state index in [-0.39, 0.29) is 0 Å². The van der Waals surface area contributed by atoms with Crippen LogP contribution in [0.5, 0.6) is 0 Å². The van der Waals surface area contributed by atoms with Gasteiger partial charge in [0, 0.05) is 5.38 Å². The molecule has 0 aliphatic rings. The van der Waals surface area contributed by atoms with Crippen molar-refractivity contribution < 1.29 is 0 Å². The Morgan fingerprint density at radius 1 is 1.26 bits per heavy atom. The van der Waals surface area contributed by atoms with E-state index >= 15 is 0 Å². The summed E-state index contributed by atoms with van der Waals surface area (Å²) in [6, 6.07) is 6.30. The molecule has 98 valence electrons. The molecule has 0 aliphatic heterocycles. The summed E-state index contributed by atoms with van der Waals surface area (Å²) in [6.07, 6.45) is 0. The van der Waals surface area contributed by atoms with Crippen LogP contribution in [-0.4, -0.2) is 14.5 Å². The lowest BCUT2D eigenvalue weighted by Crippen LogP contribution is -2.04. The summed E-state index contributed by atoms with van der Waals surface area (Å²) in [4.78, 5) is 9.11. The summed E-state index contributed by atoms with van der Waals surface area (Å²) in [5, 5.41) is 3.18. The van der Waals surface area contributed by atoms with E-state index in [9.17, 15) is 0 Å². The molecule has 3 nitrogen and oxygen atoms in total. The fourth-order valence-electron chi connectivity index (χ4n) is 2.21. The van der Waals surface area contributed by atoms with Gasteiger partial charge in [-0.25, -0.2) is 9.97 Å². The van der Waals surface area contributed by atoms with Crippen molar-refractivity contribution >= 4 is 34.0 Å². The third-order valence-electron chi connectivity index (χ3n) is 3.09. The lowest BCUT2D eigenvalue weighted by Gasteiger charge is -2.05. The maximum absolute atomic E-state index is 6.01. The molecule has 0 fully saturated rings. The van der Waals surface area contributed by atoms with Gasteiger partial charge >= 0.3 is 0 Å². The Balaban J connectivity index is 2.10. The molecule has 0 saturated carbocycles. The molecule has 0 aliphatic carbocycles. The van der Waals surface area contributed by atoms with Crippen molar-refractivity contribution in [2.45, 2.75) is 26.3 Å². The molecular weight excluding hydrogens is 278 g/mol. The fraction of sp³-hybridized carbons (Fsp3) is 0.286. The van der Waals surface area contributed by atoms with E-state index in [1.807, 2.05) is 6.92 Å². The van der Waals surface area contributed by atoms with E-state index < -0.39 is 0 Å². The average Bonchev–Trinajstić information content (AvgIpc) is 2.94. The molecule has 3 aromatic rings. The number of thiazole rings is 1. The minimum atomic E-state index is 0.414. The zero-order chi connectivity index (χ0) is 13.4. The van der Waals surface area contributed by atoms with Crippen LogP contribution < -0.4 is 0 Å². The summed E-state index contributed by atoms with van der Waals surface area (Å²) in [5.74, 6) is 1.31. The lowest BCUT2D eigenvalue weighted by atomic mass is 10.2.